The normalized spacial score (nSPS) is 12.4. The van der Waals surface area contributed by atoms with Crippen LogP contribution in [-0.4, -0.2) is 0 Å². The second kappa shape index (κ2) is 7.14. The highest BCUT2D eigenvalue weighted by molar-refractivity contribution is 6.35. The highest BCUT2D eigenvalue weighted by atomic mass is 35.5. The number of hydrogen-bond acceptors (Lipinski definition) is 1. The molecule has 0 aliphatic rings. The van der Waals surface area contributed by atoms with Crippen molar-refractivity contribution in [3.8, 4) is 5.75 Å². The maximum Gasteiger partial charge on any atom is 0.127 e. The van der Waals surface area contributed by atoms with Crippen LogP contribution in [0.1, 0.15) is 19.4 Å². The Hall–Kier alpha value is -0.860. The quantitative estimate of drug-likeness (QED) is 0.518. The van der Waals surface area contributed by atoms with E-state index in [9.17, 15) is 0 Å². The molecule has 0 aliphatic carbocycles. The molecule has 22 heavy (non-hydrogen) atoms. The monoisotopic (exact) mass is 374 g/mol. The molecule has 0 atom stereocenters. The molecule has 2 aromatic rings. The lowest BCUT2D eigenvalue weighted by atomic mass is 9.83. The van der Waals surface area contributed by atoms with Crippen LogP contribution in [0.4, 0.5) is 0 Å². The highest BCUT2D eigenvalue weighted by Gasteiger charge is 2.30. The molecule has 0 amide bonds. The van der Waals surface area contributed by atoms with Gasteiger partial charge < -0.3 is 4.74 Å². The second-order valence-electron chi connectivity index (χ2n) is 5.28. The SMILES string of the molecule is CC(C)(/C(=C/Cl)Oc1ccc(Cl)cc1)c1ccc(Cl)cc1Cl. The molecule has 0 saturated carbocycles. The summed E-state index contributed by atoms with van der Waals surface area (Å²) < 4.78 is 5.90. The van der Waals surface area contributed by atoms with Crippen LogP contribution in [0.3, 0.4) is 0 Å². The third-order valence-corrected chi connectivity index (χ3v) is 4.36. The Morgan fingerprint density at radius 3 is 2.09 bits per heavy atom. The van der Waals surface area contributed by atoms with Crippen molar-refractivity contribution >= 4 is 46.4 Å². The van der Waals surface area contributed by atoms with E-state index in [1.54, 1.807) is 36.4 Å². The first kappa shape index (κ1) is 17.5. The van der Waals surface area contributed by atoms with Crippen molar-refractivity contribution < 1.29 is 4.74 Å². The second-order valence-corrected chi connectivity index (χ2v) is 6.78. The summed E-state index contributed by atoms with van der Waals surface area (Å²) in [4.78, 5) is 0. The van der Waals surface area contributed by atoms with E-state index in [2.05, 4.69) is 0 Å². The number of halogens is 4. The van der Waals surface area contributed by atoms with Gasteiger partial charge in [0, 0.05) is 20.6 Å². The molecule has 0 bridgehead atoms. The average molecular weight is 376 g/mol. The van der Waals surface area contributed by atoms with E-state index in [4.69, 9.17) is 51.1 Å². The molecule has 0 unspecified atom stereocenters. The minimum absolute atomic E-state index is 0.525. The third-order valence-electron chi connectivity index (χ3n) is 3.36. The summed E-state index contributed by atoms with van der Waals surface area (Å²) in [6, 6.07) is 12.4. The van der Waals surface area contributed by atoms with Gasteiger partial charge in [-0.1, -0.05) is 52.5 Å². The molecular weight excluding hydrogens is 362 g/mol. The molecule has 0 spiro atoms. The van der Waals surface area contributed by atoms with Crippen LogP contribution in [0.25, 0.3) is 0 Å². The maximum atomic E-state index is 6.31. The van der Waals surface area contributed by atoms with Crippen LogP contribution in [0.2, 0.25) is 15.1 Å². The Morgan fingerprint density at radius 1 is 0.955 bits per heavy atom. The van der Waals surface area contributed by atoms with E-state index >= 15 is 0 Å². The predicted molar refractivity (Wildman–Crippen MR) is 95.5 cm³/mol. The topological polar surface area (TPSA) is 9.23 Å². The summed E-state index contributed by atoms with van der Waals surface area (Å²) >= 11 is 24.1. The van der Waals surface area contributed by atoms with Gasteiger partial charge in [0.25, 0.3) is 0 Å². The minimum Gasteiger partial charge on any atom is -0.460 e. The van der Waals surface area contributed by atoms with Gasteiger partial charge >= 0.3 is 0 Å². The van der Waals surface area contributed by atoms with Crippen LogP contribution in [0, 0.1) is 0 Å². The molecule has 0 heterocycles. The van der Waals surface area contributed by atoms with Gasteiger partial charge in [-0.2, -0.15) is 0 Å². The average Bonchev–Trinajstić information content (AvgIpc) is 2.46. The van der Waals surface area contributed by atoms with E-state index in [1.807, 2.05) is 19.9 Å². The summed E-state index contributed by atoms with van der Waals surface area (Å²) in [5.74, 6) is 1.22. The fourth-order valence-corrected chi connectivity index (χ4v) is 3.13. The summed E-state index contributed by atoms with van der Waals surface area (Å²) in [5.41, 5.74) is 1.77. The molecule has 116 valence electrons. The predicted octanol–water partition coefficient (Wildman–Crippen LogP) is 7.08. The molecule has 0 radical (unpaired) electrons. The number of hydrogen-bond donors (Lipinski definition) is 0. The fourth-order valence-electron chi connectivity index (χ4n) is 2.04. The minimum atomic E-state index is -0.525. The molecule has 0 fully saturated rings. The van der Waals surface area contributed by atoms with Crippen molar-refractivity contribution in [2.45, 2.75) is 19.3 Å². The molecule has 2 aromatic carbocycles. The Kier molecular flexibility index (Phi) is 5.68. The lowest BCUT2D eigenvalue weighted by Crippen LogP contribution is -2.24. The van der Waals surface area contributed by atoms with Crippen molar-refractivity contribution in [2.75, 3.05) is 0 Å². The molecular formula is C17H14Cl4O. The highest BCUT2D eigenvalue weighted by Crippen LogP contribution is 2.38. The van der Waals surface area contributed by atoms with Crippen LogP contribution < -0.4 is 4.74 Å². The smallest absolute Gasteiger partial charge is 0.127 e. The lowest BCUT2D eigenvalue weighted by molar-refractivity contribution is 0.339. The van der Waals surface area contributed by atoms with Gasteiger partial charge in [0.1, 0.15) is 11.5 Å². The van der Waals surface area contributed by atoms with Crippen LogP contribution in [0.5, 0.6) is 5.75 Å². The van der Waals surface area contributed by atoms with Crippen LogP contribution >= 0.6 is 46.4 Å². The van der Waals surface area contributed by atoms with E-state index < -0.39 is 5.41 Å². The summed E-state index contributed by atoms with van der Waals surface area (Å²) in [6.45, 7) is 3.96. The van der Waals surface area contributed by atoms with Gasteiger partial charge in [-0.3, -0.25) is 0 Å². The molecule has 1 nitrogen and oxygen atoms in total. The van der Waals surface area contributed by atoms with E-state index in [-0.39, 0.29) is 0 Å². The number of ether oxygens (including phenoxy) is 1. The molecule has 0 N–H and O–H groups in total. The Balaban J connectivity index is 2.34. The lowest BCUT2D eigenvalue weighted by Gasteiger charge is -2.29. The van der Waals surface area contributed by atoms with Gasteiger partial charge in [0.2, 0.25) is 0 Å². The molecule has 0 saturated heterocycles. The van der Waals surface area contributed by atoms with E-state index in [1.165, 1.54) is 5.54 Å². The van der Waals surface area contributed by atoms with Crippen molar-refractivity contribution in [3.63, 3.8) is 0 Å². The standard InChI is InChI=1S/C17H14Cl4O/c1-17(2,14-8-5-12(20)9-15(14)21)16(10-18)22-13-6-3-11(19)4-7-13/h3-10H,1-2H3/b16-10-. The Bertz CT molecular complexity index is 690. The van der Waals surface area contributed by atoms with Crippen molar-refractivity contribution in [2.24, 2.45) is 0 Å². The number of benzene rings is 2. The first-order valence-electron chi connectivity index (χ1n) is 6.54. The molecule has 0 aliphatic heterocycles. The Morgan fingerprint density at radius 2 is 1.55 bits per heavy atom. The van der Waals surface area contributed by atoms with Gasteiger partial charge in [0.15, 0.2) is 0 Å². The number of rotatable bonds is 4. The van der Waals surface area contributed by atoms with Gasteiger partial charge in [-0.25, -0.2) is 0 Å². The third kappa shape index (κ3) is 3.91. The fraction of sp³-hybridized carbons (Fsp3) is 0.176. The van der Waals surface area contributed by atoms with Crippen molar-refractivity contribution in [3.05, 3.63) is 74.4 Å². The first-order valence-corrected chi connectivity index (χ1v) is 8.11. The Labute approximate surface area is 150 Å². The van der Waals surface area contributed by atoms with Crippen LogP contribution in [0.15, 0.2) is 53.8 Å². The van der Waals surface area contributed by atoms with Crippen LogP contribution in [-0.2, 0) is 5.41 Å². The summed E-state index contributed by atoms with van der Waals surface area (Å²) in [5, 5.41) is 1.79. The summed E-state index contributed by atoms with van der Waals surface area (Å²) in [7, 11) is 0. The van der Waals surface area contributed by atoms with Crippen molar-refractivity contribution in [1.29, 1.82) is 0 Å². The van der Waals surface area contributed by atoms with Gasteiger partial charge in [0.05, 0.1) is 5.41 Å². The van der Waals surface area contributed by atoms with Gasteiger partial charge in [-0.05, 0) is 55.8 Å². The maximum absolute atomic E-state index is 6.31. The van der Waals surface area contributed by atoms with Crippen molar-refractivity contribution in [1.82, 2.24) is 0 Å². The largest absolute Gasteiger partial charge is 0.460 e. The zero-order valence-electron chi connectivity index (χ0n) is 12.0. The zero-order valence-corrected chi connectivity index (χ0v) is 15.1. The molecule has 0 aromatic heterocycles. The first-order chi connectivity index (χ1) is 10.3. The van der Waals surface area contributed by atoms with Gasteiger partial charge in [-0.15, -0.1) is 0 Å². The number of allylic oxidation sites excluding steroid dienone is 1. The van der Waals surface area contributed by atoms with E-state index in [0.29, 0.717) is 26.6 Å². The van der Waals surface area contributed by atoms with E-state index in [0.717, 1.165) is 5.56 Å². The molecule has 5 heteroatoms. The summed E-state index contributed by atoms with van der Waals surface area (Å²) in [6.07, 6.45) is 0. The zero-order chi connectivity index (χ0) is 16.3. The molecule has 2 rings (SSSR count).